The molecule has 1 saturated carbocycles. The minimum atomic E-state index is -0.229. The van der Waals surface area contributed by atoms with Gasteiger partial charge in [-0.3, -0.25) is 9.36 Å². The molecule has 7 heteroatoms. The van der Waals surface area contributed by atoms with Crippen LogP contribution in [0.5, 0.6) is 0 Å². The summed E-state index contributed by atoms with van der Waals surface area (Å²) in [6, 6.07) is 10.3. The second kappa shape index (κ2) is 9.62. The van der Waals surface area contributed by atoms with Crippen LogP contribution in [0.15, 0.2) is 40.3 Å². The van der Waals surface area contributed by atoms with Crippen LogP contribution in [-0.2, 0) is 17.8 Å². The third-order valence-electron chi connectivity index (χ3n) is 4.74. The van der Waals surface area contributed by atoms with Gasteiger partial charge in [0.05, 0.1) is 5.75 Å². The van der Waals surface area contributed by atoms with Crippen molar-refractivity contribution in [1.29, 1.82) is 0 Å². The molecule has 0 radical (unpaired) electrons. The first-order chi connectivity index (χ1) is 12.7. The van der Waals surface area contributed by atoms with Gasteiger partial charge in [0.1, 0.15) is 0 Å². The SMILES string of the molecule is O=C(CSc1n[nH]c(=O)n1CCc1ccccc1)NC1CCCCCC1. The Bertz CT molecular complexity index is 748. The van der Waals surface area contributed by atoms with Crippen LogP contribution >= 0.6 is 11.8 Å². The third kappa shape index (κ3) is 5.49. The lowest BCUT2D eigenvalue weighted by Gasteiger charge is -2.15. The zero-order valence-corrected chi connectivity index (χ0v) is 15.8. The minimum Gasteiger partial charge on any atom is -0.353 e. The number of nitrogens with zero attached hydrogens (tertiary/aromatic N) is 2. The molecule has 6 nitrogen and oxygen atoms in total. The largest absolute Gasteiger partial charge is 0.353 e. The van der Waals surface area contributed by atoms with Crippen molar-refractivity contribution in [3.05, 3.63) is 46.4 Å². The zero-order chi connectivity index (χ0) is 18.2. The van der Waals surface area contributed by atoms with Gasteiger partial charge in [0.15, 0.2) is 5.16 Å². The molecule has 3 rings (SSSR count). The van der Waals surface area contributed by atoms with E-state index < -0.39 is 0 Å². The molecule has 1 aromatic carbocycles. The van der Waals surface area contributed by atoms with Gasteiger partial charge in [0.2, 0.25) is 5.91 Å². The highest BCUT2D eigenvalue weighted by Gasteiger charge is 2.16. The molecule has 1 heterocycles. The number of aromatic nitrogens is 3. The molecule has 2 N–H and O–H groups in total. The van der Waals surface area contributed by atoms with E-state index in [1.54, 1.807) is 4.57 Å². The van der Waals surface area contributed by atoms with Crippen molar-refractivity contribution in [3.63, 3.8) is 0 Å². The molecule has 26 heavy (non-hydrogen) atoms. The Morgan fingerprint density at radius 3 is 2.65 bits per heavy atom. The summed E-state index contributed by atoms with van der Waals surface area (Å²) < 4.78 is 1.61. The number of H-pyrrole nitrogens is 1. The van der Waals surface area contributed by atoms with Crippen LogP contribution in [0.1, 0.15) is 44.1 Å². The summed E-state index contributed by atoms with van der Waals surface area (Å²) >= 11 is 1.31. The van der Waals surface area contributed by atoms with E-state index in [-0.39, 0.29) is 17.3 Å². The van der Waals surface area contributed by atoms with Crippen molar-refractivity contribution in [2.24, 2.45) is 0 Å². The zero-order valence-electron chi connectivity index (χ0n) is 14.9. The van der Waals surface area contributed by atoms with Crippen LogP contribution < -0.4 is 11.0 Å². The fourth-order valence-electron chi connectivity index (χ4n) is 3.32. The van der Waals surface area contributed by atoms with Crippen molar-refractivity contribution in [2.75, 3.05) is 5.75 Å². The van der Waals surface area contributed by atoms with E-state index in [1.807, 2.05) is 30.3 Å². The quantitative estimate of drug-likeness (QED) is 0.577. The summed E-state index contributed by atoms with van der Waals surface area (Å²) in [5, 5.41) is 10.3. The molecule has 1 amide bonds. The van der Waals surface area contributed by atoms with Gasteiger partial charge in [-0.2, -0.15) is 0 Å². The number of carbonyl (C=O) groups excluding carboxylic acids is 1. The normalized spacial score (nSPS) is 15.5. The second-order valence-corrected chi connectivity index (χ2v) is 7.69. The minimum absolute atomic E-state index is 0.0203. The molecule has 1 fully saturated rings. The van der Waals surface area contributed by atoms with Crippen molar-refractivity contribution in [1.82, 2.24) is 20.1 Å². The van der Waals surface area contributed by atoms with Crippen LogP contribution in [-0.4, -0.2) is 32.5 Å². The summed E-state index contributed by atoms with van der Waals surface area (Å²) in [5.41, 5.74) is 0.940. The Morgan fingerprint density at radius 1 is 1.19 bits per heavy atom. The molecule has 140 valence electrons. The summed E-state index contributed by atoms with van der Waals surface area (Å²) in [7, 11) is 0. The number of carbonyl (C=O) groups is 1. The number of aromatic amines is 1. The number of nitrogens with one attached hydrogen (secondary N) is 2. The Labute approximate surface area is 157 Å². The number of amides is 1. The van der Waals surface area contributed by atoms with Gasteiger partial charge in [-0.05, 0) is 24.8 Å². The van der Waals surface area contributed by atoms with Crippen molar-refractivity contribution in [3.8, 4) is 0 Å². The van der Waals surface area contributed by atoms with E-state index in [2.05, 4.69) is 15.5 Å². The molecule has 1 aliphatic rings. The summed E-state index contributed by atoms with van der Waals surface area (Å²) in [5.74, 6) is 0.304. The predicted molar refractivity (Wildman–Crippen MR) is 103 cm³/mol. The van der Waals surface area contributed by atoms with Gasteiger partial charge >= 0.3 is 5.69 Å². The van der Waals surface area contributed by atoms with Gasteiger partial charge in [0.25, 0.3) is 0 Å². The maximum atomic E-state index is 12.2. The monoisotopic (exact) mass is 374 g/mol. The lowest BCUT2D eigenvalue weighted by atomic mass is 10.1. The molecule has 0 spiro atoms. The molecule has 0 saturated heterocycles. The first-order valence-electron chi connectivity index (χ1n) is 9.33. The third-order valence-corrected chi connectivity index (χ3v) is 5.72. The Hall–Kier alpha value is -2.02. The number of hydrogen-bond acceptors (Lipinski definition) is 4. The maximum absolute atomic E-state index is 12.2. The first-order valence-corrected chi connectivity index (χ1v) is 10.3. The van der Waals surface area contributed by atoms with Crippen LogP contribution in [0, 0.1) is 0 Å². The lowest BCUT2D eigenvalue weighted by molar-refractivity contribution is -0.119. The van der Waals surface area contributed by atoms with Crippen molar-refractivity contribution in [2.45, 2.75) is 62.7 Å². The molecule has 2 aromatic rings. The maximum Gasteiger partial charge on any atom is 0.343 e. The number of benzene rings is 1. The van der Waals surface area contributed by atoms with Crippen LogP contribution in [0.2, 0.25) is 0 Å². The number of thioether (sulfide) groups is 1. The molecule has 1 aromatic heterocycles. The van der Waals surface area contributed by atoms with Crippen LogP contribution in [0.4, 0.5) is 0 Å². The van der Waals surface area contributed by atoms with Crippen molar-refractivity contribution >= 4 is 17.7 Å². The standard InChI is InChI=1S/C19H26N4O2S/c24-17(20-16-10-6-1-2-7-11-16)14-26-19-22-21-18(25)23(19)13-12-15-8-4-3-5-9-15/h3-5,8-9,16H,1-2,6-7,10-14H2,(H,20,24)(H,21,25). The highest BCUT2D eigenvalue weighted by molar-refractivity contribution is 7.99. The van der Waals surface area contributed by atoms with Gasteiger partial charge in [-0.15, -0.1) is 5.10 Å². The molecule has 0 unspecified atom stereocenters. The Balaban J connectivity index is 1.51. The Morgan fingerprint density at radius 2 is 1.92 bits per heavy atom. The predicted octanol–water partition coefficient (Wildman–Crippen LogP) is 2.75. The summed E-state index contributed by atoms with van der Waals surface area (Å²) in [4.78, 5) is 24.2. The van der Waals surface area contributed by atoms with Gasteiger partial charge in [-0.1, -0.05) is 67.8 Å². The average Bonchev–Trinajstić information content (AvgIpc) is 2.83. The smallest absolute Gasteiger partial charge is 0.343 e. The molecule has 0 aliphatic heterocycles. The van der Waals surface area contributed by atoms with Gasteiger partial charge in [-0.25, -0.2) is 9.89 Å². The van der Waals surface area contributed by atoms with E-state index >= 15 is 0 Å². The highest BCUT2D eigenvalue weighted by atomic mass is 32.2. The lowest BCUT2D eigenvalue weighted by Crippen LogP contribution is -2.35. The molecule has 1 aliphatic carbocycles. The van der Waals surface area contributed by atoms with Crippen molar-refractivity contribution < 1.29 is 4.79 Å². The number of rotatable bonds is 7. The van der Waals surface area contributed by atoms with E-state index in [1.165, 1.54) is 43.0 Å². The molecule has 0 bridgehead atoms. The van der Waals surface area contributed by atoms with Gasteiger partial charge < -0.3 is 5.32 Å². The van der Waals surface area contributed by atoms with E-state index in [4.69, 9.17) is 0 Å². The summed E-state index contributed by atoms with van der Waals surface area (Å²) in [6.45, 7) is 0.548. The number of hydrogen-bond donors (Lipinski definition) is 2. The fourth-order valence-corrected chi connectivity index (χ4v) is 4.10. The molecular weight excluding hydrogens is 348 g/mol. The van der Waals surface area contributed by atoms with E-state index in [0.29, 0.717) is 17.7 Å². The first kappa shape index (κ1) is 18.8. The van der Waals surface area contributed by atoms with E-state index in [0.717, 1.165) is 19.3 Å². The average molecular weight is 375 g/mol. The van der Waals surface area contributed by atoms with Gasteiger partial charge in [0, 0.05) is 12.6 Å². The molecule has 0 atom stereocenters. The topological polar surface area (TPSA) is 79.8 Å². The fraction of sp³-hybridized carbons (Fsp3) is 0.526. The summed E-state index contributed by atoms with van der Waals surface area (Å²) in [6.07, 6.45) is 7.81. The van der Waals surface area contributed by atoms with E-state index in [9.17, 15) is 9.59 Å². The number of aryl methyl sites for hydroxylation is 1. The van der Waals surface area contributed by atoms with Crippen LogP contribution in [0.25, 0.3) is 0 Å². The highest BCUT2D eigenvalue weighted by Crippen LogP contribution is 2.18. The molecular formula is C19H26N4O2S. The second-order valence-electron chi connectivity index (χ2n) is 6.74. The Kier molecular flexibility index (Phi) is 6.94. The van der Waals surface area contributed by atoms with Crippen LogP contribution in [0.3, 0.4) is 0 Å².